The number of aliphatic carboxylic acids is 1. The number of aryl methyl sites for hydroxylation is 3. The first-order valence-corrected chi connectivity index (χ1v) is 15.9. The molecular weight excluding hydrogens is 611 g/mol. The van der Waals surface area contributed by atoms with Crippen LogP contribution >= 0.6 is 0 Å². The van der Waals surface area contributed by atoms with Gasteiger partial charge in [-0.1, -0.05) is 6.07 Å². The molecule has 0 unspecified atom stereocenters. The maximum Gasteiger partial charge on any atom is 0.337 e. The molecule has 0 saturated carbocycles. The summed E-state index contributed by atoms with van der Waals surface area (Å²) >= 11 is 0. The molecule has 246 valence electrons. The SMILES string of the molecule is Cc1nc2c(cc(-c3cc(-c4ccc5c(cnn5C)c4)ncn3)n2C)c(-c2cc(F)c3c(c2C)CCCO3)c1[C@H](OC(C)(C)C)C(=O)O. The Morgan fingerprint density at radius 2 is 1.85 bits per heavy atom. The molecule has 5 heterocycles. The predicted molar refractivity (Wildman–Crippen MR) is 181 cm³/mol. The number of benzene rings is 2. The van der Waals surface area contributed by atoms with Crippen molar-refractivity contribution in [1.29, 1.82) is 0 Å². The van der Waals surface area contributed by atoms with E-state index in [2.05, 4.69) is 15.1 Å². The number of nitrogens with zero attached hydrogens (tertiary/aromatic N) is 6. The fraction of sp³-hybridized carbons (Fsp3) is 0.324. The van der Waals surface area contributed by atoms with Gasteiger partial charge >= 0.3 is 5.97 Å². The molecule has 0 aliphatic carbocycles. The Bertz CT molecular complexity index is 2260. The lowest BCUT2D eigenvalue weighted by Crippen LogP contribution is -2.28. The van der Waals surface area contributed by atoms with Crippen molar-refractivity contribution in [3.63, 3.8) is 0 Å². The summed E-state index contributed by atoms with van der Waals surface area (Å²) in [5, 5.41) is 16.6. The van der Waals surface area contributed by atoms with Crippen molar-refractivity contribution >= 4 is 27.9 Å². The third kappa shape index (κ3) is 5.28. The minimum Gasteiger partial charge on any atom is -0.490 e. The van der Waals surface area contributed by atoms with Crippen molar-refractivity contribution in [2.75, 3.05) is 6.61 Å². The predicted octanol–water partition coefficient (Wildman–Crippen LogP) is 7.27. The highest BCUT2D eigenvalue weighted by Crippen LogP contribution is 2.45. The number of hydrogen-bond acceptors (Lipinski definition) is 7. The molecule has 1 N–H and O–H groups in total. The van der Waals surface area contributed by atoms with E-state index >= 15 is 4.39 Å². The number of hydrogen-bond donors (Lipinski definition) is 1. The maximum atomic E-state index is 15.8. The molecule has 0 radical (unpaired) electrons. The third-order valence-corrected chi connectivity index (χ3v) is 9.04. The van der Waals surface area contributed by atoms with E-state index in [1.54, 1.807) is 6.92 Å². The van der Waals surface area contributed by atoms with Gasteiger partial charge in [-0.3, -0.25) is 4.68 Å². The molecule has 0 bridgehead atoms. The number of ether oxygens (including phenoxy) is 2. The van der Waals surface area contributed by atoms with E-state index in [0.717, 1.165) is 45.4 Å². The summed E-state index contributed by atoms with van der Waals surface area (Å²) in [5.74, 6) is -1.37. The van der Waals surface area contributed by atoms with Crippen molar-refractivity contribution in [2.24, 2.45) is 14.1 Å². The summed E-state index contributed by atoms with van der Waals surface area (Å²) in [5.41, 5.74) is 7.50. The van der Waals surface area contributed by atoms with Crippen LogP contribution in [0.1, 0.15) is 55.7 Å². The van der Waals surface area contributed by atoms with E-state index < -0.39 is 23.5 Å². The van der Waals surface area contributed by atoms with Gasteiger partial charge in [-0.25, -0.2) is 24.1 Å². The molecule has 4 aromatic heterocycles. The Labute approximate surface area is 277 Å². The molecule has 10 nitrogen and oxygen atoms in total. The molecule has 1 aliphatic heterocycles. The zero-order valence-electron chi connectivity index (χ0n) is 28.1. The Kier molecular flexibility index (Phi) is 7.54. The van der Waals surface area contributed by atoms with Crippen molar-refractivity contribution in [1.82, 2.24) is 29.3 Å². The third-order valence-electron chi connectivity index (χ3n) is 9.04. The standard InChI is InChI=1S/C37H37FN6O4/c1-19-23-9-8-12-47-33(23)26(38)14-24(19)32-25-15-30(43(6)35(25)42-20(2)31(32)34(36(45)46)48-37(3,4)5)28-16-27(39-18-40-28)21-10-11-29-22(13-21)17-41-44(29)7/h10-11,13-18,34H,8-9,12H2,1-7H3,(H,45,46)/t34-/m0/s1. The lowest BCUT2D eigenvalue weighted by Gasteiger charge is -2.29. The Hall–Kier alpha value is -5.16. The smallest absolute Gasteiger partial charge is 0.337 e. The first-order valence-electron chi connectivity index (χ1n) is 15.9. The highest BCUT2D eigenvalue weighted by molar-refractivity contribution is 6.01. The fourth-order valence-corrected chi connectivity index (χ4v) is 6.80. The molecule has 48 heavy (non-hydrogen) atoms. The summed E-state index contributed by atoms with van der Waals surface area (Å²) in [4.78, 5) is 27.1. The number of aromatic nitrogens is 6. The molecule has 11 heteroatoms. The van der Waals surface area contributed by atoms with E-state index in [9.17, 15) is 9.90 Å². The molecule has 0 spiro atoms. The van der Waals surface area contributed by atoms with Gasteiger partial charge in [-0.2, -0.15) is 5.10 Å². The van der Waals surface area contributed by atoms with Crippen LogP contribution in [0.25, 0.3) is 55.7 Å². The van der Waals surface area contributed by atoms with Gasteiger partial charge in [0.2, 0.25) is 0 Å². The normalized spacial score (nSPS) is 13.9. The molecule has 0 saturated heterocycles. The van der Waals surface area contributed by atoms with Gasteiger partial charge in [0.1, 0.15) is 12.0 Å². The molecule has 6 aromatic rings. The fourth-order valence-electron chi connectivity index (χ4n) is 6.80. The molecule has 0 fully saturated rings. The van der Waals surface area contributed by atoms with Crippen LogP contribution in [-0.4, -0.2) is 52.6 Å². The highest BCUT2D eigenvalue weighted by Gasteiger charge is 2.34. The Balaban J connectivity index is 1.48. The second-order valence-corrected chi connectivity index (χ2v) is 13.4. The lowest BCUT2D eigenvalue weighted by molar-refractivity contribution is -0.160. The van der Waals surface area contributed by atoms with E-state index in [1.165, 1.54) is 12.4 Å². The number of carboxylic acids is 1. The number of carboxylic acid groups (broad SMARTS) is 1. The van der Waals surface area contributed by atoms with Crippen molar-refractivity contribution < 1.29 is 23.8 Å². The van der Waals surface area contributed by atoms with Gasteiger partial charge in [0.25, 0.3) is 0 Å². The molecule has 7 rings (SSSR count). The summed E-state index contributed by atoms with van der Waals surface area (Å²) in [6.07, 6.45) is 3.41. The van der Waals surface area contributed by atoms with Crippen LogP contribution in [0.4, 0.5) is 4.39 Å². The Morgan fingerprint density at radius 3 is 2.60 bits per heavy atom. The first-order chi connectivity index (χ1) is 22.8. The number of fused-ring (bicyclic) bond motifs is 3. The average Bonchev–Trinajstić information content (AvgIpc) is 3.59. The van der Waals surface area contributed by atoms with E-state index in [-0.39, 0.29) is 5.75 Å². The minimum absolute atomic E-state index is 0.263. The van der Waals surface area contributed by atoms with E-state index in [4.69, 9.17) is 14.5 Å². The topological polar surface area (TPSA) is 117 Å². The van der Waals surface area contributed by atoms with E-state index in [1.807, 2.05) is 87.6 Å². The van der Waals surface area contributed by atoms with Crippen molar-refractivity contribution in [3.05, 3.63) is 77.1 Å². The zero-order valence-corrected chi connectivity index (χ0v) is 28.1. The van der Waals surface area contributed by atoms with Crippen molar-refractivity contribution in [2.45, 2.75) is 59.2 Å². The minimum atomic E-state index is -1.36. The van der Waals surface area contributed by atoms with Crippen LogP contribution in [0.3, 0.4) is 0 Å². The summed E-state index contributed by atoms with van der Waals surface area (Å²) in [7, 11) is 3.80. The largest absolute Gasteiger partial charge is 0.490 e. The zero-order chi connectivity index (χ0) is 34.1. The van der Waals surface area contributed by atoms with Gasteiger partial charge in [0.15, 0.2) is 17.7 Å². The highest BCUT2D eigenvalue weighted by atomic mass is 19.1. The van der Waals surface area contributed by atoms with Crippen LogP contribution in [0.5, 0.6) is 5.75 Å². The van der Waals surface area contributed by atoms with Crippen LogP contribution in [0, 0.1) is 19.7 Å². The number of halogens is 1. The first kappa shape index (κ1) is 31.4. The van der Waals surface area contributed by atoms with Crippen LogP contribution in [0.2, 0.25) is 0 Å². The monoisotopic (exact) mass is 648 g/mol. The lowest BCUT2D eigenvalue weighted by atomic mass is 9.86. The summed E-state index contributed by atoms with van der Waals surface area (Å²) < 4.78 is 31.5. The Morgan fingerprint density at radius 1 is 1.08 bits per heavy atom. The van der Waals surface area contributed by atoms with Gasteiger partial charge in [0, 0.05) is 52.8 Å². The van der Waals surface area contributed by atoms with Crippen LogP contribution in [0.15, 0.2) is 48.9 Å². The molecule has 0 amide bonds. The van der Waals surface area contributed by atoms with Gasteiger partial charge in [-0.15, -0.1) is 0 Å². The maximum absolute atomic E-state index is 15.8. The molecule has 1 aliphatic rings. The van der Waals surface area contributed by atoms with E-state index in [0.29, 0.717) is 52.1 Å². The molecule has 1 atom stereocenters. The van der Waals surface area contributed by atoms with Gasteiger partial charge in [-0.05, 0) is 88.9 Å². The number of carbonyl (C=O) groups is 1. The summed E-state index contributed by atoms with van der Waals surface area (Å²) in [6, 6.07) is 11.4. The quantitative estimate of drug-likeness (QED) is 0.200. The molecule has 2 aromatic carbocycles. The number of rotatable bonds is 6. The van der Waals surface area contributed by atoms with Crippen LogP contribution < -0.4 is 4.74 Å². The summed E-state index contributed by atoms with van der Waals surface area (Å²) in [6.45, 7) is 9.59. The van der Waals surface area contributed by atoms with Crippen LogP contribution in [-0.2, 0) is 30.0 Å². The second kappa shape index (κ2) is 11.5. The number of pyridine rings is 1. The van der Waals surface area contributed by atoms with Crippen molar-refractivity contribution in [3.8, 4) is 39.5 Å². The van der Waals surface area contributed by atoms with Gasteiger partial charge < -0.3 is 19.1 Å². The van der Waals surface area contributed by atoms with Gasteiger partial charge in [0.05, 0.1) is 41.0 Å². The molecular formula is C37H37FN6O4. The second-order valence-electron chi connectivity index (χ2n) is 13.4. The average molecular weight is 649 g/mol.